The lowest BCUT2D eigenvalue weighted by molar-refractivity contribution is -0.147. The van der Waals surface area contributed by atoms with E-state index in [2.05, 4.69) is 13.8 Å². The summed E-state index contributed by atoms with van der Waals surface area (Å²) in [7, 11) is 0. The van der Waals surface area contributed by atoms with Crippen LogP contribution in [0.1, 0.15) is 284 Å². The zero-order valence-electron chi connectivity index (χ0n) is 36.5. The van der Waals surface area contributed by atoms with E-state index < -0.39 is 24.1 Å². The Balaban J connectivity index is 0. The first kappa shape index (κ1) is 55.0. The third kappa shape index (κ3) is 48.9. The topological polar surface area (TPSA) is 115 Å². The number of aliphatic hydroxyl groups excluding tert-OH is 2. The number of aliphatic carboxylic acids is 2. The van der Waals surface area contributed by atoms with E-state index in [1.54, 1.807) is 0 Å². The van der Waals surface area contributed by atoms with E-state index >= 15 is 0 Å². The van der Waals surface area contributed by atoms with E-state index in [9.17, 15) is 19.8 Å². The van der Waals surface area contributed by atoms with Gasteiger partial charge in [-0.25, -0.2) is 9.59 Å². The molecule has 0 heterocycles. The van der Waals surface area contributed by atoms with Gasteiger partial charge in [0, 0.05) is 0 Å². The van der Waals surface area contributed by atoms with Gasteiger partial charge in [0.1, 0.15) is 0 Å². The number of carboxylic acids is 2. The minimum atomic E-state index is -1.17. The summed E-state index contributed by atoms with van der Waals surface area (Å²) in [5.74, 6) is -2.18. The molecule has 0 saturated carbocycles. The van der Waals surface area contributed by atoms with Crippen molar-refractivity contribution in [3.05, 3.63) is 0 Å². The van der Waals surface area contributed by atoms with Gasteiger partial charge in [0.05, 0.1) is 0 Å². The van der Waals surface area contributed by atoms with E-state index in [1.165, 1.54) is 231 Å². The monoisotopic (exact) mass is 769 g/mol. The van der Waals surface area contributed by atoms with Crippen LogP contribution in [0.4, 0.5) is 0 Å². The van der Waals surface area contributed by atoms with Crippen LogP contribution in [-0.4, -0.2) is 44.6 Å². The van der Waals surface area contributed by atoms with Crippen LogP contribution in [0.2, 0.25) is 0 Å². The molecule has 54 heavy (non-hydrogen) atoms. The maximum absolute atomic E-state index is 10.5. The number of hydrogen-bond acceptors (Lipinski definition) is 4. The Morgan fingerprint density at radius 3 is 0.537 bits per heavy atom. The Labute approximate surface area is 336 Å². The van der Waals surface area contributed by atoms with Crippen LogP contribution in [-0.2, 0) is 9.59 Å². The quantitative estimate of drug-likeness (QED) is 0.0459. The number of rotatable bonds is 44. The van der Waals surface area contributed by atoms with Crippen LogP contribution >= 0.6 is 0 Å². The molecule has 0 saturated heterocycles. The normalized spacial score (nSPS) is 12.4. The van der Waals surface area contributed by atoms with Gasteiger partial charge in [-0.2, -0.15) is 0 Å². The molecule has 0 aliphatic rings. The minimum absolute atomic E-state index is 0.397. The summed E-state index contributed by atoms with van der Waals surface area (Å²) in [6, 6.07) is 0. The van der Waals surface area contributed by atoms with E-state index in [4.69, 9.17) is 10.2 Å². The predicted octanol–water partition coefficient (Wildman–Crippen LogP) is 15.3. The van der Waals surface area contributed by atoms with Crippen molar-refractivity contribution in [3.63, 3.8) is 0 Å². The van der Waals surface area contributed by atoms with E-state index in [0.717, 1.165) is 25.7 Å². The van der Waals surface area contributed by atoms with Gasteiger partial charge >= 0.3 is 11.9 Å². The summed E-state index contributed by atoms with van der Waals surface area (Å²) < 4.78 is 0. The number of aliphatic hydroxyl groups is 2. The molecule has 0 rings (SSSR count). The predicted molar refractivity (Wildman–Crippen MR) is 233 cm³/mol. The molecule has 2 unspecified atom stereocenters. The smallest absolute Gasteiger partial charge is 0.332 e. The van der Waals surface area contributed by atoms with Gasteiger partial charge in [-0.1, -0.05) is 271 Å². The van der Waals surface area contributed by atoms with Crippen molar-refractivity contribution in [2.45, 2.75) is 296 Å². The Morgan fingerprint density at radius 1 is 0.278 bits per heavy atom. The number of carboxylic acid groups (broad SMARTS) is 2. The van der Waals surface area contributed by atoms with Gasteiger partial charge in [-0.3, -0.25) is 0 Å². The lowest BCUT2D eigenvalue weighted by Crippen LogP contribution is -2.18. The Hall–Kier alpha value is -1.14. The molecule has 0 aromatic rings. The summed E-state index contributed by atoms with van der Waals surface area (Å²) in [5.41, 5.74) is 0. The third-order valence-electron chi connectivity index (χ3n) is 11.2. The van der Waals surface area contributed by atoms with Gasteiger partial charge < -0.3 is 20.4 Å². The van der Waals surface area contributed by atoms with Crippen LogP contribution in [0.15, 0.2) is 0 Å². The largest absolute Gasteiger partial charge is 0.479 e. The van der Waals surface area contributed by atoms with Crippen molar-refractivity contribution in [2.75, 3.05) is 0 Å². The zero-order valence-corrected chi connectivity index (χ0v) is 36.5. The number of hydrogen-bond donors (Lipinski definition) is 4. The Kier molecular flexibility index (Phi) is 48.9. The van der Waals surface area contributed by atoms with Crippen LogP contribution in [0, 0.1) is 0 Å². The van der Waals surface area contributed by atoms with Gasteiger partial charge in [-0.05, 0) is 12.8 Å². The SMILES string of the molecule is CCCCCCCCCCCCCCCCCCCCCCC(O)C(=O)O.CCCCCCCCCCCCCCCCCCCCCCC(O)C(=O)O. The molecule has 0 fully saturated rings. The molecule has 6 nitrogen and oxygen atoms in total. The molecule has 0 aromatic carbocycles. The highest BCUT2D eigenvalue weighted by Gasteiger charge is 2.12. The molecule has 0 radical (unpaired) electrons. The lowest BCUT2D eigenvalue weighted by Gasteiger charge is -2.05. The molecule has 0 amide bonds. The van der Waals surface area contributed by atoms with Crippen molar-refractivity contribution in [3.8, 4) is 0 Å². The van der Waals surface area contributed by atoms with Gasteiger partial charge in [-0.15, -0.1) is 0 Å². The average Bonchev–Trinajstić information content (AvgIpc) is 3.16. The fraction of sp³-hybridized carbons (Fsp3) is 0.958. The molecule has 0 aliphatic heterocycles. The zero-order chi connectivity index (χ0) is 40.0. The highest BCUT2D eigenvalue weighted by Crippen LogP contribution is 2.17. The first-order valence-corrected chi connectivity index (χ1v) is 24.2. The standard InChI is InChI=1S/2C24H48O3/c2*1-2-3-4-5-6-7-8-9-10-11-12-13-14-15-16-17-18-19-20-21-22-23(25)24(26)27/h2*23,25H,2-22H2,1H3,(H,26,27). The van der Waals surface area contributed by atoms with E-state index in [1.807, 2.05) is 0 Å². The lowest BCUT2D eigenvalue weighted by atomic mass is 10.0. The van der Waals surface area contributed by atoms with E-state index in [-0.39, 0.29) is 0 Å². The van der Waals surface area contributed by atoms with Crippen molar-refractivity contribution >= 4 is 11.9 Å². The highest BCUT2D eigenvalue weighted by molar-refractivity contribution is 5.72. The van der Waals surface area contributed by atoms with E-state index in [0.29, 0.717) is 12.8 Å². The molecule has 4 N–H and O–H groups in total. The molecule has 6 heteroatoms. The Bertz CT molecular complexity index is 668. The number of unbranched alkanes of at least 4 members (excludes halogenated alkanes) is 38. The second-order valence-corrected chi connectivity index (χ2v) is 16.7. The van der Waals surface area contributed by atoms with Crippen molar-refractivity contribution in [2.24, 2.45) is 0 Å². The number of carbonyl (C=O) groups is 2. The first-order valence-electron chi connectivity index (χ1n) is 24.2. The molecule has 0 aliphatic carbocycles. The van der Waals surface area contributed by atoms with Gasteiger partial charge in [0.25, 0.3) is 0 Å². The summed E-state index contributed by atoms with van der Waals surface area (Å²) >= 11 is 0. The molecule has 0 spiro atoms. The van der Waals surface area contributed by atoms with Crippen LogP contribution in [0.3, 0.4) is 0 Å². The van der Waals surface area contributed by atoms with Crippen LogP contribution in [0.25, 0.3) is 0 Å². The minimum Gasteiger partial charge on any atom is -0.479 e. The van der Waals surface area contributed by atoms with Gasteiger partial charge in [0.15, 0.2) is 12.2 Å². The molecule has 2 atom stereocenters. The van der Waals surface area contributed by atoms with Crippen LogP contribution in [0.5, 0.6) is 0 Å². The van der Waals surface area contributed by atoms with Crippen LogP contribution < -0.4 is 0 Å². The van der Waals surface area contributed by atoms with Crippen molar-refractivity contribution in [1.29, 1.82) is 0 Å². The first-order chi connectivity index (χ1) is 26.4. The van der Waals surface area contributed by atoms with Gasteiger partial charge in [0.2, 0.25) is 0 Å². The van der Waals surface area contributed by atoms with Crippen molar-refractivity contribution in [1.82, 2.24) is 0 Å². The molecular weight excluding hydrogens is 673 g/mol. The summed E-state index contributed by atoms with van der Waals surface area (Å²) in [6.07, 6.45) is 52.1. The second-order valence-electron chi connectivity index (χ2n) is 16.7. The maximum atomic E-state index is 10.5. The van der Waals surface area contributed by atoms with Crippen molar-refractivity contribution < 1.29 is 30.0 Å². The molecule has 0 aromatic heterocycles. The third-order valence-corrected chi connectivity index (χ3v) is 11.2. The fourth-order valence-corrected chi connectivity index (χ4v) is 7.43. The summed E-state index contributed by atoms with van der Waals surface area (Å²) in [6.45, 7) is 4.56. The molecule has 0 bridgehead atoms. The Morgan fingerprint density at radius 2 is 0.407 bits per heavy atom. The average molecular weight is 769 g/mol. The molecule has 324 valence electrons. The highest BCUT2D eigenvalue weighted by atomic mass is 16.4. The summed E-state index contributed by atoms with van der Waals surface area (Å²) in [4.78, 5) is 21.0. The fourth-order valence-electron chi connectivity index (χ4n) is 7.43. The molecular formula is C48H96O6. The second kappa shape index (κ2) is 48.0. The summed E-state index contributed by atoms with van der Waals surface area (Å²) in [5, 5.41) is 35.5. The maximum Gasteiger partial charge on any atom is 0.332 e.